The monoisotopic (exact) mass is 432 g/mol. The van der Waals surface area contributed by atoms with E-state index in [1.165, 1.54) is 12.1 Å². The Balaban J connectivity index is 2.12. The van der Waals surface area contributed by atoms with Gasteiger partial charge in [0.15, 0.2) is 11.5 Å². The van der Waals surface area contributed by atoms with Gasteiger partial charge in [0, 0.05) is 24.7 Å². The molecule has 1 heterocycles. The maximum Gasteiger partial charge on any atom is 0.169 e. The molecule has 0 atom stereocenters. The molecule has 0 spiro atoms. The summed E-state index contributed by atoms with van der Waals surface area (Å²) in [5, 5.41) is 10.4. The quantitative estimate of drug-likeness (QED) is 0.543. The van der Waals surface area contributed by atoms with Crippen molar-refractivity contribution in [1.29, 1.82) is 0 Å². The van der Waals surface area contributed by atoms with E-state index in [9.17, 15) is 9.50 Å². The number of methoxy groups -OCH3 is 1. The second-order valence-corrected chi connectivity index (χ2v) is 8.72. The van der Waals surface area contributed by atoms with Gasteiger partial charge in [-0.15, -0.1) is 0 Å². The summed E-state index contributed by atoms with van der Waals surface area (Å²) in [6.45, 7) is 9.89. The van der Waals surface area contributed by atoms with Crippen molar-refractivity contribution in [3.8, 4) is 22.6 Å². The number of halogens is 1. The Bertz CT molecular complexity index is 890. The van der Waals surface area contributed by atoms with Gasteiger partial charge in [-0.05, 0) is 48.6 Å². The minimum Gasteiger partial charge on any atom is -0.487 e. The summed E-state index contributed by atoms with van der Waals surface area (Å²) in [6, 6.07) is 6.26. The van der Waals surface area contributed by atoms with Crippen LogP contribution in [0.5, 0.6) is 11.5 Å². The minimum atomic E-state index is -0.382. The van der Waals surface area contributed by atoms with Crippen LogP contribution in [0.4, 0.5) is 4.39 Å². The van der Waals surface area contributed by atoms with Crippen molar-refractivity contribution in [2.45, 2.75) is 52.2 Å². The van der Waals surface area contributed by atoms with Crippen molar-refractivity contribution in [3.63, 3.8) is 0 Å². The topological polar surface area (TPSA) is 57.2 Å². The van der Waals surface area contributed by atoms with Gasteiger partial charge in [-0.25, -0.2) is 4.39 Å². The highest BCUT2D eigenvalue weighted by Crippen LogP contribution is 2.52. The Morgan fingerprint density at radius 3 is 2.39 bits per heavy atom. The van der Waals surface area contributed by atoms with Crippen LogP contribution in [0.25, 0.3) is 11.1 Å². The minimum absolute atomic E-state index is 0.144. The standard InChI is InChI=1S/C25H33FO5/c1-16(2)21-19-14-25(3,4)31-23(19)24(30-13-12-29-11-10-28-5)22(20(21)15-27)17-6-8-18(26)9-7-17/h6-9,16,27H,10-15H2,1-5H3. The molecule has 1 aliphatic heterocycles. The lowest BCUT2D eigenvalue weighted by Gasteiger charge is -2.24. The van der Waals surface area contributed by atoms with Gasteiger partial charge in [0.25, 0.3) is 0 Å². The van der Waals surface area contributed by atoms with E-state index >= 15 is 0 Å². The molecule has 170 valence electrons. The van der Waals surface area contributed by atoms with E-state index < -0.39 is 0 Å². The lowest BCUT2D eigenvalue weighted by Crippen LogP contribution is -2.25. The third-order valence-electron chi connectivity index (χ3n) is 5.41. The van der Waals surface area contributed by atoms with E-state index in [0.29, 0.717) is 37.9 Å². The lowest BCUT2D eigenvalue weighted by molar-refractivity contribution is 0.0532. The zero-order valence-corrected chi connectivity index (χ0v) is 19.1. The van der Waals surface area contributed by atoms with Crippen molar-refractivity contribution in [2.75, 3.05) is 33.5 Å². The van der Waals surface area contributed by atoms with Crippen LogP contribution >= 0.6 is 0 Å². The van der Waals surface area contributed by atoms with E-state index in [0.717, 1.165) is 34.2 Å². The average molecular weight is 433 g/mol. The lowest BCUT2D eigenvalue weighted by atomic mass is 9.83. The molecule has 0 aromatic heterocycles. The first-order chi connectivity index (χ1) is 14.8. The van der Waals surface area contributed by atoms with Gasteiger partial charge >= 0.3 is 0 Å². The molecule has 0 saturated carbocycles. The summed E-state index contributed by atoms with van der Waals surface area (Å²) in [7, 11) is 1.63. The summed E-state index contributed by atoms with van der Waals surface area (Å²) in [5.41, 5.74) is 4.10. The highest BCUT2D eigenvalue weighted by molar-refractivity contribution is 5.81. The predicted octanol–water partition coefficient (Wildman–Crippen LogP) is 4.86. The van der Waals surface area contributed by atoms with Crippen molar-refractivity contribution in [3.05, 3.63) is 46.8 Å². The molecule has 3 rings (SSSR count). The van der Waals surface area contributed by atoms with Gasteiger partial charge in [-0.3, -0.25) is 0 Å². The van der Waals surface area contributed by atoms with Crippen molar-refractivity contribution in [1.82, 2.24) is 0 Å². The molecule has 0 radical (unpaired) electrons. The Labute approximate surface area is 184 Å². The second-order valence-electron chi connectivity index (χ2n) is 8.72. The Kier molecular flexibility index (Phi) is 7.57. The van der Waals surface area contributed by atoms with Crippen LogP contribution in [-0.2, 0) is 22.5 Å². The fourth-order valence-corrected chi connectivity index (χ4v) is 4.22. The largest absolute Gasteiger partial charge is 0.487 e. The maximum absolute atomic E-state index is 13.6. The fraction of sp³-hybridized carbons (Fsp3) is 0.520. The van der Waals surface area contributed by atoms with Gasteiger partial charge in [0.05, 0.1) is 26.4 Å². The molecule has 0 aliphatic carbocycles. The van der Waals surface area contributed by atoms with Crippen molar-refractivity contribution < 1.29 is 28.4 Å². The predicted molar refractivity (Wildman–Crippen MR) is 118 cm³/mol. The number of hydrogen-bond donors (Lipinski definition) is 1. The third kappa shape index (κ3) is 5.20. The van der Waals surface area contributed by atoms with Crippen LogP contribution in [0.1, 0.15) is 50.3 Å². The molecule has 2 aromatic carbocycles. The van der Waals surface area contributed by atoms with Gasteiger partial charge in [0.2, 0.25) is 0 Å². The molecule has 1 aliphatic rings. The Hall–Kier alpha value is -2.15. The Morgan fingerprint density at radius 2 is 1.77 bits per heavy atom. The highest BCUT2D eigenvalue weighted by Gasteiger charge is 2.38. The van der Waals surface area contributed by atoms with Crippen molar-refractivity contribution in [2.24, 2.45) is 0 Å². The first kappa shape index (κ1) is 23.5. The molecule has 0 bridgehead atoms. The number of hydrogen-bond acceptors (Lipinski definition) is 5. The molecule has 0 unspecified atom stereocenters. The average Bonchev–Trinajstić information content (AvgIpc) is 3.04. The number of aliphatic hydroxyl groups excluding tert-OH is 1. The van der Waals surface area contributed by atoms with Crippen LogP contribution in [0.3, 0.4) is 0 Å². The van der Waals surface area contributed by atoms with E-state index in [1.54, 1.807) is 19.2 Å². The first-order valence-electron chi connectivity index (χ1n) is 10.8. The number of fused-ring (bicyclic) bond motifs is 1. The molecule has 5 nitrogen and oxygen atoms in total. The second kappa shape index (κ2) is 9.98. The molecule has 1 N–H and O–H groups in total. The number of rotatable bonds is 10. The van der Waals surface area contributed by atoms with Gasteiger partial charge < -0.3 is 24.1 Å². The molecular weight excluding hydrogens is 399 g/mol. The van der Waals surface area contributed by atoms with Crippen molar-refractivity contribution >= 4 is 0 Å². The van der Waals surface area contributed by atoms with Crippen LogP contribution in [0.15, 0.2) is 24.3 Å². The zero-order valence-electron chi connectivity index (χ0n) is 19.1. The van der Waals surface area contributed by atoms with Crippen LogP contribution < -0.4 is 9.47 Å². The highest BCUT2D eigenvalue weighted by atomic mass is 19.1. The zero-order chi connectivity index (χ0) is 22.6. The third-order valence-corrected chi connectivity index (χ3v) is 5.41. The van der Waals surface area contributed by atoms with Gasteiger partial charge in [-0.1, -0.05) is 26.0 Å². The molecule has 31 heavy (non-hydrogen) atoms. The first-order valence-corrected chi connectivity index (χ1v) is 10.8. The summed E-state index contributed by atoms with van der Waals surface area (Å²) >= 11 is 0. The summed E-state index contributed by atoms with van der Waals surface area (Å²) in [6.07, 6.45) is 0.729. The van der Waals surface area contributed by atoms with E-state index in [1.807, 2.05) is 13.8 Å². The number of benzene rings is 2. The maximum atomic E-state index is 13.6. The molecule has 0 fully saturated rings. The van der Waals surface area contributed by atoms with E-state index in [4.69, 9.17) is 18.9 Å². The summed E-state index contributed by atoms with van der Waals surface area (Å²) in [4.78, 5) is 0. The summed E-state index contributed by atoms with van der Waals surface area (Å²) < 4.78 is 36.8. The molecule has 2 aromatic rings. The number of aliphatic hydroxyl groups is 1. The van der Waals surface area contributed by atoms with Gasteiger partial charge in [0.1, 0.15) is 18.0 Å². The van der Waals surface area contributed by atoms with Crippen LogP contribution in [-0.4, -0.2) is 44.2 Å². The summed E-state index contributed by atoms with van der Waals surface area (Å²) in [5.74, 6) is 1.16. The normalized spacial score (nSPS) is 14.6. The number of ether oxygens (including phenoxy) is 4. The van der Waals surface area contributed by atoms with E-state index in [2.05, 4.69) is 13.8 Å². The molecule has 0 saturated heterocycles. The smallest absolute Gasteiger partial charge is 0.169 e. The Morgan fingerprint density at radius 1 is 1.10 bits per heavy atom. The van der Waals surface area contributed by atoms with Gasteiger partial charge in [-0.2, -0.15) is 0 Å². The SMILES string of the molecule is COCCOCCOc1c2c(c(C(C)C)c(CO)c1-c1ccc(F)cc1)CC(C)(C)O2. The molecule has 0 amide bonds. The molecule has 6 heteroatoms. The van der Waals surface area contributed by atoms with Crippen LogP contribution in [0.2, 0.25) is 0 Å². The van der Waals surface area contributed by atoms with E-state index in [-0.39, 0.29) is 23.9 Å². The van der Waals surface area contributed by atoms with Crippen LogP contribution in [0, 0.1) is 5.82 Å². The fourth-order valence-electron chi connectivity index (χ4n) is 4.22. The molecular formula is C25H33FO5.